The van der Waals surface area contributed by atoms with Crippen LogP contribution in [-0.4, -0.2) is 52.7 Å². The fraction of sp³-hybridized carbons (Fsp3) is 0.500. The van der Waals surface area contributed by atoms with Gasteiger partial charge in [-0.1, -0.05) is 13.8 Å². The Hall–Kier alpha value is -3.43. The number of methoxy groups -OCH3 is 2. The van der Waals surface area contributed by atoms with E-state index in [0.29, 0.717) is 6.42 Å². The molecule has 1 amide bonds. The van der Waals surface area contributed by atoms with E-state index in [1.165, 1.54) is 26.5 Å². The third kappa shape index (κ3) is 7.36. The molecule has 1 atom stereocenters. The second-order valence-electron chi connectivity index (χ2n) is 8.38. The van der Waals surface area contributed by atoms with E-state index in [0.717, 1.165) is 0 Å². The van der Waals surface area contributed by atoms with E-state index < -0.39 is 23.5 Å². The first kappa shape index (κ1) is 24.8. The maximum absolute atomic E-state index is 13.0. The normalized spacial score (nSPS) is 12.1. The molecular formula is C22H30N4O6. The van der Waals surface area contributed by atoms with E-state index in [4.69, 9.17) is 18.9 Å². The number of nitrogens with one attached hydrogen (secondary N) is 1. The predicted octanol–water partition coefficient (Wildman–Crippen LogP) is 3.17. The molecule has 10 nitrogen and oxygen atoms in total. The number of nitrogens with zero attached hydrogens (tertiary/aromatic N) is 3. The summed E-state index contributed by atoms with van der Waals surface area (Å²) in [6, 6.07) is 3.70. The fourth-order valence-electron chi connectivity index (χ4n) is 2.67. The van der Waals surface area contributed by atoms with Crippen molar-refractivity contribution < 1.29 is 28.5 Å². The van der Waals surface area contributed by atoms with Gasteiger partial charge in [0.25, 0.3) is 5.91 Å². The van der Waals surface area contributed by atoms with E-state index >= 15 is 0 Å². The molecule has 2 aromatic heterocycles. The number of hydrogen-bond donors (Lipinski definition) is 1. The zero-order valence-corrected chi connectivity index (χ0v) is 19.5. The molecule has 2 heterocycles. The molecule has 0 aliphatic carbocycles. The number of hydrogen-bond acceptors (Lipinski definition) is 9. The lowest BCUT2D eigenvalue weighted by Crippen LogP contribution is -2.45. The van der Waals surface area contributed by atoms with Gasteiger partial charge in [0.1, 0.15) is 11.6 Å². The number of amides is 1. The standard InChI is InChI=1S/C22H30N4O6/c1-13(2)11-14(20(28)32-22(3,4)5)24-19(27)18-15(9-8-10-23-18)31-21-25-16(29-6)12-17(26-21)30-7/h8-10,12-14H,11H2,1-7H3,(H,24,27). The van der Waals surface area contributed by atoms with Crippen molar-refractivity contribution in [1.29, 1.82) is 0 Å². The zero-order chi connectivity index (χ0) is 23.9. The van der Waals surface area contributed by atoms with Gasteiger partial charge in [-0.2, -0.15) is 9.97 Å². The molecule has 0 radical (unpaired) electrons. The summed E-state index contributed by atoms with van der Waals surface area (Å²) in [6.07, 6.45) is 1.85. The van der Waals surface area contributed by atoms with Gasteiger partial charge in [-0.05, 0) is 45.2 Å². The second kappa shape index (κ2) is 10.7. The number of rotatable bonds is 9. The lowest BCUT2D eigenvalue weighted by atomic mass is 10.0. The summed E-state index contributed by atoms with van der Waals surface area (Å²) < 4.78 is 21.4. The highest BCUT2D eigenvalue weighted by Gasteiger charge is 2.29. The Morgan fingerprint density at radius 1 is 1.09 bits per heavy atom. The Balaban J connectivity index is 2.28. The molecule has 2 aromatic rings. The Bertz CT molecular complexity index is 920. The van der Waals surface area contributed by atoms with Crippen LogP contribution in [0, 0.1) is 5.92 Å². The Morgan fingerprint density at radius 3 is 2.25 bits per heavy atom. The lowest BCUT2D eigenvalue weighted by Gasteiger charge is -2.25. The van der Waals surface area contributed by atoms with Crippen LogP contribution < -0.4 is 19.5 Å². The van der Waals surface area contributed by atoms with E-state index in [-0.39, 0.29) is 35.1 Å². The minimum Gasteiger partial charge on any atom is -0.481 e. The second-order valence-corrected chi connectivity index (χ2v) is 8.38. The monoisotopic (exact) mass is 446 g/mol. The first-order chi connectivity index (χ1) is 15.0. The molecule has 0 saturated heterocycles. The molecule has 32 heavy (non-hydrogen) atoms. The summed E-state index contributed by atoms with van der Waals surface area (Å²) >= 11 is 0. The lowest BCUT2D eigenvalue weighted by molar-refractivity contribution is -0.157. The van der Waals surface area contributed by atoms with E-state index in [2.05, 4.69) is 20.3 Å². The van der Waals surface area contributed by atoms with Gasteiger partial charge in [-0.25, -0.2) is 9.78 Å². The van der Waals surface area contributed by atoms with Crippen LogP contribution in [-0.2, 0) is 9.53 Å². The van der Waals surface area contributed by atoms with Crippen molar-refractivity contribution in [2.75, 3.05) is 14.2 Å². The quantitative estimate of drug-likeness (QED) is 0.579. The first-order valence-corrected chi connectivity index (χ1v) is 10.2. The van der Waals surface area contributed by atoms with Crippen molar-refractivity contribution in [3.8, 4) is 23.5 Å². The molecule has 0 aliphatic rings. The molecule has 0 aliphatic heterocycles. The minimum atomic E-state index is -0.843. The van der Waals surface area contributed by atoms with Crippen molar-refractivity contribution in [1.82, 2.24) is 20.3 Å². The number of ether oxygens (including phenoxy) is 4. The first-order valence-electron chi connectivity index (χ1n) is 10.2. The van der Waals surface area contributed by atoms with Crippen molar-refractivity contribution in [2.45, 2.75) is 52.7 Å². The summed E-state index contributed by atoms with van der Waals surface area (Å²) in [5, 5.41) is 2.71. The fourth-order valence-corrected chi connectivity index (χ4v) is 2.67. The average molecular weight is 447 g/mol. The number of esters is 1. The summed E-state index contributed by atoms with van der Waals surface area (Å²) in [5.74, 6) is -0.407. The molecule has 174 valence electrons. The average Bonchev–Trinajstić information content (AvgIpc) is 2.71. The van der Waals surface area contributed by atoms with Crippen molar-refractivity contribution in [3.63, 3.8) is 0 Å². The molecule has 0 saturated carbocycles. The van der Waals surface area contributed by atoms with Gasteiger partial charge in [0.05, 0.1) is 20.3 Å². The molecule has 0 bridgehead atoms. The number of carbonyl (C=O) groups is 2. The van der Waals surface area contributed by atoms with Gasteiger partial charge < -0.3 is 24.3 Å². The van der Waals surface area contributed by atoms with Crippen LogP contribution in [0.2, 0.25) is 0 Å². The Labute approximate surface area is 187 Å². The molecule has 0 spiro atoms. The Kier molecular flexibility index (Phi) is 8.34. The predicted molar refractivity (Wildman–Crippen MR) is 116 cm³/mol. The topological polar surface area (TPSA) is 122 Å². The van der Waals surface area contributed by atoms with Crippen molar-refractivity contribution in [2.24, 2.45) is 5.92 Å². The van der Waals surface area contributed by atoms with Crippen LogP contribution in [0.3, 0.4) is 0 Å². The van der Waals surface area contributed by atoms with Crippen LogP contribution in [0.15, 0.2) is 24.4 Å². The zero-order valence-electron chi connectivity index (χ0n) is 19.5. The highest BCUT2D eigenvalue weighted by Crippen LogP contribution is 2.25. The van der Waals surface area contributed by atoms with Gasteiger partial charge in [-0.3, -0.25) is 4.79 Å². The minimum absolute atomic E-state index is 0.0322. The molecule has 10 heteroatoms. The molecule has 1 N–H and O–H groups in total. The largest absolute Gasteiger partial charge is 0.481 e. The summed E-state index contributed by atoms with van der Waals surface area (Å²) in [7, 11) is 2.89. The van der Waals surface area contributed by atoms with Crippen molar-refractivity contribution >= 4 is 11.9 Å². The van der Waals surface area contributed by atoms with Crippen molar-refractivity contribution in [3.05, 3.63) is 30.1 Å². The summed E-state index contributed by atoms with van der Waals surface area (Å²) in [5.41, 5.74) is -0.714. The van der Waals surface area contributed by atoms with Crippen LogP contribution in [0.5, 0.6) is 23.5 Å². The van der Waals surface area contributed by atoms with Crippen LogP contribution in [0.25, 0.3) is 0 Å². The summed E-state index contributed by atoms with van der Waals surface area (Å²) in [4.78, 5) is 38.0. The Morgan fingerprint density at radius 2 is 1.72 bits per heavy atom. The van der Waals surface area contributed by atoms with Crippen LogP contribution >= 0.6 is 0 Å². The highest BCUT2D eigenvalue weighted by atomic mass is 16.6. The van der Waals surface area contributed by atoms with Gasteiger partial charge >= 0.3 is 12.0 Å². The molecule has 2 rings (SSSR count). The number of aromatic nitrogens is 3. The SMILES string of the molecule is COc1cc(OC)nc(Oc2cccnc2C(=O)NC(CC(C)C)C(=O)OC(C)(C)C)n1. The maximum atomic E-state index is 13.0. The van der Waals surface area contributed by atoms with E-state index in [9.17, 15) is 9.59 Å². The van der Waals surface area contributed by atoms with Gasteiger partial charge in [-0.15, -0.1) is 0 Å². The maximum Gasteiger partial charge on any atom is 0.329 e. The van der Waals surface area contributed by atoms with E-state index in [1.807, 2.05) is 13.8 Å². The third-order valence-electron chi connectivity index (χ3n) is 3.97. The smallest absolute Gasteiger partial charge is 0.329 e. The number of carbonyl (C=O) groups excluding carboxylic acids is 2. The van der Waals surface area contributed by atoms with Crippen LogP contribution in [0.4, 0.5) is 0 Å². The van der Waals surface area contributed by atoms with Gasteiger partial charge in [0, 0.05) is 6.20 Å². The highest BCUT2D eigenvalue weighted by molar-refractivity contribution is 5.97. The molecule has 1 unspecified atom stereocenters. The number of pyridine rings is 1. The van der Waals surface area contributed by atoms with E-state index in [1.54, 1.807) is 32.9 Å². The molecular weight excluding hydrogens is 416 g/mol. The van der Waals surface area contributed by atoms with Gasteiger partial charge in [0.2, 0.25) is 11.8 Å². The summed E-state index contributed by atoms with van der Waals surface area (Å²) in [6.45, 7) is 9.21. The molecule has 0 aromatic carbocycles. The third-order valence-corrected chi connectivity index (χ3v) is 3.97. The molecule has 0 fully saturated rings. The van der Waals surface area contributed by atoms with Crippen LogP contribution in [0.1, 0.15) is 51.5 Å². The van der Waals surface area contributed by atoms with Gasteiger partial charge in [0.15, 0.2) is 11.4 Å².